The molecule has 0 bridgehead atoms. The molecule has 2 aromatic rings. The van der Waals surface area contributed by atoms with Gasteiger partial charge in [0, 0.05) is 5.56 Å². The predicted octanol–water partition coefficient (Wildman–Crippen LogP) is 4.90. The maximum atomic E-state index is 12.4. The van der Waals surface area contributed by atoms with Crippen molar-refractivity contribution in [2.24, 2.45) is 5.92 Å². The van der Waals surface area contributed by atoms with Gasteiger partial charge in [0.1, 0.15) is 5.60 Å². The molecular formula is C24H32N2O7. The molecule has 0 saturated heterocycles. The van der Waals surface area contributed by atoms with Crippen molar-refractivity contribution in [1.82, 2.24) is 10.3 Å². The first-order chi connectivity index (χ1) is 15.6. The third-order valence-electron chi connectivity index (χ3n) is 5.03. The molecule has 1 saturated carbocycles. The van der Waals surface area contributed by atoms with Crippen molar-refractivity contribution in [2.75, 3.05) is 20.8 Å². The fourth-order valence-electron chi connectivity index (χ4n) is 3.15. The summed E-state index contributed by atoms with van der Waals surface area (Å²) >= 11 is 0. The van der Waals surface area contributed by atoms with Crippen molar-refractivity contribution in [1.29, 1.82) is 0 Å². The summed E-state index contributed by atoms with van der Waals surface area (Å²) < 4.78 is 27.6. The molecule has 1 amide bonds. The second-order valence-corrected chi connectivity index (χ2v) is 8.95. The van der Waals surface area contributed by atoms with Crippen LogP contribution in [-0.2, 0) is 9.47 Å². The Hall–Kier alpha value is -3.23. The number of oxazole rings is 1. The van der Waals surface area contributed by atoms with Crippen molar-refractivity contribution < 1.29 is 33.0 Å². The van der Waals surface area contributed by atoms with E-state index in [1.165, 1.54) is 7.11 Å². The Bertz CT molecular complexity index is 989. The van der Waals surface area contributed by atoms with E-state index in [2.05, 4.69) is 10.3 Å². The lowest BCUT2D eigenvalue weighted by Gasteiger charge is -2.22. The van der Waals surface area contributed by atoms with E-state index in [-0.39, 0.29) is 17.3 Å². The van der Waals surface area contributed by atoms with Crippen LogP contribution in [0.25, 0.3) is 11.5 Å². The molecule has 1 unspecified atom stereocenters. The van der Waals surface area contributed by atoms with Gasteiger partial charge in [-0.3, -0.25) is 0 Å². The lowest BCUT2D eigenvalue weighted by Crippen LogP contribution is -2.35. The number of rotatable bonds is 9. The molecule has 1 aromatic heterocycles. The van der Waals surface area contributed by atoms with Crippen LogP contribution in [0.2, 0.25) is 0 Å². The van der Waals surface area contributed by atoms with Crippen molar-refractivity contribution in [2.45, 2.75) is 58.6 Å². The highest BCUT2D eigenvalue weighted by Gasteiger charge is 2.30. The smallest absolute Gasteiger partial charge is 0.408 e. The number of aromatic nitrogens is 1. The van der Waals surface area contributed by atoms with E-state index in [1.807, 2.05) is 6.92 Å². The van der Waals surface area contributed by atoms with Crippen LogP contribution in [-0.4, -0.2) is 43.5 Å². The topological polar surface area (TPSA) is 109 Å². The summed E-state index contributed by atoms with van der Waals surface area (Å²) in [4.78, 5) is 29.1. The molecule has 1 N–H and O–H groups in total. The number of alkyl carbamates (subject to hydrolysis) is 1. The van der Waals surface area contributed by atoms with Crippen LogP contribution in [0.4, 0.5) is 4.79 Å². The highest BCUT2D eigenvalue weighted by molar-refractivity contribution is 5.89. The minimum Gasteiger partial charge on any atom is -0.493 e. The van der Waals surface area contributed by atoms with E-state index in [0.29, 0.717) is 36.0 Å². The molecule has 1 aliphatic carbocycles. The Kier molecular flexibility index (Phi) is 7.50. The van der Waals surface area contributed by atoms with Crippen molar-refractivity contribution >= 4 is 12.1 Å². The summed E-state index contributed by atoms with van der Waals surface area (Å²) in [6.45, 7) is 7.77. The van der Waals surface area contributed by atoms with Gasteiger partial charge in [-0.1, -0.05) is 6.92 Å². The van der Waals surface area contributed by atoms with Gasteiger partial charge in [0.2, 0.25) is 5.89 Å². The molecule has 33 heavy (non-hydrogen) atoms. The fraction of sp³-hybridized carbons (Fsp3) is 0.542. The Morgan fingerprint density at radius 3 is 2.52 bits per heavy atom. The number of nitrogens with one attached hydrogen (secondary N) is 1. The largest absolute Gasteiger partial charge is 0.493 e. The molecule has 0 aliphatic heterocycles. The molecule has 1 fully saturated rings. The molecule has 9 nitrogen and oxygen atoms in total. The summed E-state index contributed by atoms with van der Waals surface area (Å²) in [5.41, 5.74) is -0.0723. The van der Waals surface area contributed by atoms with Crippen molar-refractivity contribution in [3.8, 4) is 23.0 Å². The van der Waals surface area contributed by atoms with Crippen LogP contribution >= 0.6 is 0 Å². The Morgan fingerprint density at radius 1 is 1.21 bits per heavy atom. The lowest BCUT2D eigenvalue weighted by molar-refractivity contribution is 0.0488. The molecule has 1 aromatic carbocycles. The summed E-state index contributed by atoms with van der Waals surface area (Å²) in [5, 5.41) is 2.75. The highest BCUT2D eigenvalue weighted by atomic mass is 16.6. The molecule has 180 valence electrons. The van der Waals surface area contributed by atoms with Crippen molar-refractivity contribution in [3.05, 3.63) is 29.7 Å². The first-order valence-corrected chi connectivity index (χ1v) is 11.0. The van der Waals surface area contributed by atoms with Gasteiger partial charge < -0.3 is 28.7 Å². The minimum absolute atomic E-state index is 0.00771. The molecule has 3 rings (SSSR count). The summed E-state index contributed by atoms with van der Waals surface area (Å²) in [5.74, 6) is 1.47. The number of ether oxygens (including phenoxy) is 4. The highest BCUT2D eigenvalue weighted by Crippen LogP contribution is 2.36. The zero-order valence-electron chi connectivity index (χ0n) is 20.0. The quantitative estimate of drug-likeness (QED) is 0.526. The van der Waals surface area contributed by atoms with Crippen LogP contribution in [0.5, 0.6) is 11.5 Å². The second kappa shape index (κ2) is 10.1. The van der Waals surface area contributed by atoms with E-state index >= 15 is 0 Å². The summed E-state index contributed by atoms with van der Waals surface area (Å²) in [6, 6.07) is 4.65. The van der Waals surface area contributed by atoms with Gasteiger partial charge in [-0.2, -0.15) is 0 Å². The Morgan fingerprint density at radius 2 is 1.94 bits per heavy atom. The average molecular weight is 461 g/mol. The number of carbonyl (C=O) groups is 2. The van der Waals surface area contributed by atoms with Crippen LogP contribution in [0.15, 0.2) is 22.6 Å². The van der Waals surface area contributed by atoms with Gasteiger partial charge >= 0.3 is 12.1 Å². The normalized spacial score (nSPS) is 14.4. The SMILES string of the molecule is CCC(NC(=O)OC(C)(C)C)c1oc(-c2ccc(OC)c(OCC3CC3)c2)nc1C(=O)OC. The predicted molar refractivity (Wildman–Crippen MR) is 120 cm³/mol. The first kappa shape index (κ1) is 24.4. The van der Waals surface area contributed by atoms with Crippen molar-refractivity contribution in [3.63, 3.8) is 0 Å². The minimum atomic E-state index is -0.667. The Labute approximate surface area is 193 Å². The van der Waals surface area contributed by atoms with Gasteiger partial charge in [-0.25, -0.2) is 14.6 Å². The van der Waals surface area contributed by atoms with Gasteiger partial charge in [0.25, 0.3) is 0 Å². The van der Waals surface area contributed by atoms with E-state index in [0.717, 1.165) is 12.8 Å². The fourth-order valence-corrected chi connectivity index (χ4v) is 3.15. The number of methoxy groups -OCH3 is 2. The van der Waals surface area contributed by atoms with Gasteiger partial charge in [-0.05, 0) is 64.2 Å². The van der Waals surface area contributed by atoms with Gasteiger partial charge in [0.05, 0.1) is 26.9 Å². The molecule has 0 spiro atoms. The summed E-state index contributed by atoms with van der Waals surface area (Å²) in [7, 11) is 2.84. The van der Waals surface area contributed by atoms with Crippen LogP contribution in [0, 0.1) is 5.92 Å². The number of benzene rings is 1. The first-order valence-electron chi connectivity index (χ1n) is 11.0. The van der Waals surface area contributed by atoms with Gasteiger partial charge in [0.15, 0.2) is 23.0 Å². The number of hydrogen-bond donors (Lipinski definition) is 1. The molecule has 1 heterocycles. The zero-order chi connectivity index (χ0) is 24.2. The number of amides is 1. The van der Waals surface area contributed by atoms with Gasteiger partial charge in [-0.15, -0.1) is 0 Å². The molecular weight excluding hydrogens is 428 g/mol. The van der Waals surface area contributed by atoms with E-state index in [9.17, 15) is 9.59 Å². The van der Waals surface area contributed by atoms with Crippen LogP contribution in [0.3, 0.4) is 0 Å². The van der Waals surface area contributed by atoms with E-state index in [1.54, 1.807) is 46.1 Å². The number of nitrogens with zero attached hydrogens (tertiary/aromatic N) is 1. The molecule has 0 radical (unpaired) electrons. The van der Waals surface area contributed by atoms with Crippen LogP contribution < -0.4 is 14.8 Å². The summed E-state index contributed by atoms with van der Waals surface area (Å²) in [6.07, 6.45) is 2.15. The standard InChI is InChI=1S/C24H32N2O7/c1-7-16(25-23(28)33-24(2,3)4)20-19(22(27)30-6)26-21(32-20)15-10-11-17(29-5)18(12-15)31-13-14-8-9-14/h10-12,14,16H,7-9,13H2,1-6H3,(H,25,28). The number of esters is 1. The average Bonchev–Trinajstić information content (AvgIpc) is 3.50. The van der Waals surface area contributed by atoms with E-state index < -0.39 is 23.7 Å². The van der Waals surface area contributed by atoms with Crippen LogP contribution in [0.1, 0.15) is 69.2 Å². The maximum Gasteiger partial charge on any atom is 0.408 e. The molecule has 1 atom stereocenters. The number of carbonyl (C=O) groups excluding carboxylic acids is 2. The second-order valence-electron chi connectivity index (χ2n) is 8.95. The van der Waals surface area contributed by atoms with E-state index in [4.69, 9.17) is 23.4 Å². The molecule has 1 aliphatic rings. The Balaban J connectivity index is 1.93. The number of hydrogen-bond acceptors (Lipinski definition) is 8. The zero-order valence-corrected chi connectivity index (χ0v) is 20.0. The lowest BCUT2D eigenvalue weighted by atomic mass is 10.1. The third-order valence-corrected chi connectivity index (χ3v) is 5.03. The third kappa shape index (κ3) is 6.40. The maximum absolute atomic E-state index is 12.4. The monoisotopic (exact) mass is 460 g/mol. The molecule has 9 heteroatoms.